The molecular weight excluding hydrogens is 274 g/mol. The summed E-state index contributed by atoms with van der Waals surface area (Å²) < 4.78 is 0. The van der Waals surface area contributed by atoms with E-state index in [0.717, 1.165) is 42.6 Å². The third-order valence-corrected chi connectivity index (χ3v) is 5.14. The van der Waals surface area contributed by atoms with Crippen LogP contribution in [-0.2, 0) is 6.54 Å². The van der Waals surface area contributed by atoms with E-state index in [1.165, 1.54) is 24.9 Å². The van der Waals surface area contributed by atoms with Crippen molar-refractivity contribution in [2.45, 2.75) is 32.4 Å². The van der Waals surface area contributed by atoms with E-state index in [1.807, 2.05) is 13.0 Å². The van der Waals surface area contributed by atoms with Gasteiger partial charge in [-0.3, -0.25) is 14.6 Å². The van der Waals surface area contributed by atoms with Crippen LogP contribution in [-0.4, -0.2) is 47.0 Å². The fourth-order valence-corrected chi connectivity index (χ4v) is 3.92. The number of aromatic nitrogens is 1. The van der Waals surface area contributed by atoms with Gasteiger partial charge in [-0.2, -0.15) is 0 Å². The average Bonchev–Trinajstić information content (AvgIpc) is 2.96. The Morgan fingerprint density at radius 1 is 1.23 bits per heavy atom. The van der Waals surface area contributed by atoms with E-state index in [1.54, 1.807) is 0 Å². The van der Waals surface area contributed by atoms with Crippen molar-refractivity contribution in [1.29, 1.82) is 0 Å². The molecule has 0 amide bonds. The van der Waals surface area contributed by atoms with E-state index in [9.17, 15) is 4.79 Å². The lowest BCUT2D eigenvalue weighted by atomic mass is 10.1. The van der Waals surface area contributed by atoms with Gasteiger partial charge in [-0.15, -0.1) is 0 Å². The van der Waals surface area contributed by atoms with Gasteiger partial charge in [-0.1, -0.05) is 12.1 Å². The van der Waals surface area contributed by atoms with Gasteiger partial charge in [0.15, 0.2) is 0 Å². The molecule has 1 aromatic carbocycles. The predicted molar refractivity (Wildman–Crippen MR) is 89.2 cm³/mol. The van der Waals surface area contributed by atoms with Gasteiger partial charge < -0.3 is 4.98 Å². The summed E-state index contributed by atoms with van der Waals surface area (Å²) >= 11 is 0. The molecule has 2 aliphatic rings. The molecule has 2 aliphatic heterocycles. The second kappa shape index (κ2) is 5.52. The summed E-state index contributed by atoms with van der Waals surface area (Å²) in [5, 5.41) is 1.12. The number of aryl methyl sites for hydroxylation is 1. The van der Waals surface area contributed by atoms with Gasteiger partial charge in [0.2, 0.25) is 0 Å². The molecule has 3 heterocycles. The lowest BCUT2D eigenvalue weighted by molar-refractivity contribution is 0.0991. The summed E-state index contributed by atoms with van der Waals surface area (Å²) in [6, 6.07) is 9.00. The van der Waals surface area contributed by atoms with E-state index < -0.39 is 0 Å². The molecule has 1 N–H and O–H groups in total. The van der Waals surface area contributed by atoms with Crippen LogP contribution in [0.2, 0.25) is 0 Å². The third kappa shape index (κ3) is 2.57. The van der Waals surface area contributed by atoms with Gasteiger partial charge in [-0.25, -0.2) is 0 Å². The largest absolute Gasteiger partial charge is 0.322 e. The molecule has 1 atom stereocenters. The SMILES string of the molecule is Cc1ccc2cc(CN3CCN4CCCC4C3)c(=O)[nH]c2c1. The molecular formula is C18H23N3O. The van der Waals surface area contributed by atoms with Gasteiger partial charge in [0.05, 0.1) is 0 Å². The van der Waals surface area contributed by atoms with Crippen LogP contribution in [0.1, 0.15) is 24.0 Å². The van der Waals surface area contributed by atoms with Crippen molar-refractivity contribution in [3.8, 4) is 0 Å². The Hall–Kier alpha value is -1.65. The average molecular weight is 297 g/mol. The Kier molecular flexibility index (Phi) is 3.51. The second-order valence-corrected chi connectivity index (χ2v) is 6.78. The zero-order valence-corrected chi connectivity index (χ0v) is 13.1. The molecule has 0 bridgehead atoms. The lowest BCUT2D eigenvalue weighted by Gasteiger charge is -2.37. The summed E-state index contributed by atoms with van der Waals surface area (Å²) in [6.45, 7) is 7.40. The van der Waals surface area contributed by atoms with E-state index in [2.05, 4.69) is 33.0 Å². The number of pyridine rings is 1. The van der Waals surface area contributed by atoms with Crippen molar-refractivity contribution >= 4 is 10.9 Å². The lowest BCUT2D eigenvalue weighted by Crippen LogP contribution is -2.49. The number of hydrogen-bond acceptors (Lipinski definition) is 3. The number of piperazine rings is 1. The van der Waals surface area contributed by atoms with Gasteiger partial charge in [-0.05, 0) is 49.4 Å². The summed E-state index contributed by atoms with van der Waals surface area (Å²) in [4.78, 5) is 20.4. The quantitative estimate of drug-likeness (QED) is 0.923. The zero-order chi connectivity index (χ0) is 15.1. The minimum absolute atomic E-state index is 0.0620. The van der Waals surface area contributed by atoms with Crippen LogP contribution in [0.3, 0.4) is 0 Å². The van der Waals surface area contributed by atoms with Crippen LogP contribution in [0.25, 0.3) is 10.9 Å². The Labute approximate surface area is 130 Å². The number of benzene rings is 1. The first kappa shape index (κ1) is 14.0. The third-order valence-electron chi connectivity index (χ3n) is 5.14. The first-order valence-electron chi connectivity index (χ1n) is 8.28. The van der Waals surface area contributed by atoms with Crippen molar-refractivity contribution in [2.24, 2.45) is 0 Å². The summed E-state index contributed by atoms with van der Waals surface area (Å²) in [6.07, 6.45) is 2.64. The number of nitrogens with one attached hydrogen (secondary N) is 1. The van der Waals surface area contributed by atoms with Crippen molar-refractivity contribution < 1.29 is 0 Å². The molecule has 2 saturated heterocycles. The number of hydrogen-bond donors (Lipinski definition) is 1. The highest BCUT2D eigenvalue weighted by Gasteiger charge is 2.30. The highest BCUT2D eigenvalue weighted by molar-refractivity contribution is 5.79. The molecule has 22 heavy (non-hydrogen) atoms. The molecule has 4 heteroatoms. The Balaban J connectivity index is 1.57. The van der Waals surface area contributed by atoms with Gasteiger partial charge in [0, 0.05) is 43.3 Å². The molecule has 0 saturated carbocycles. The van der Waals surface area contributed by atoms with Crippen LogP contribution in [0.15, 0.2) is 29.1 Å². The van der Waals surface area contributed by atoms with Crippen LogP contribution >= 0.6 is 0 Å². The van der Waals surface area contributed by atoms with E-state index in [0.29, 0.717) is 6.04 Å². The van der Waals surface area contributed by atoms with E-state index >= 15 is 0 Å². The molecule has 0 spiro atoms. The fourth-order valence-electron chi connectivity index (χ4n) is 3.92. The Morgan fingerprint density at radius 3 is 3.05 bits per heavy atom. The summed E-state index contributed by atoms with van der Waals surface area (Å²) in [5.74, 6) is 0. The van der Waals surface area contributed by atoms with E-state index in [4.69, 9.17) is 0 Å². The maximum absolute atomic E-state index is 12.4. The first-order chi connectivity index (χ1) is 10.7. The Bertz CT molecular complexity index is 752. The Morgan fingerprint density at radius 2 is 2.14 bits per heavy atom. The monoisotopic (exact) mass is 297 g/mol. The van der Waals surface area contributed by atoms with Gasteiger partial charge in [0.1, 0.15) is 0 Å². The molecule has 1 unspecified atom stereocenters. The summed E-state index contributed by atoms with van der Waals surface area (Å²) in [5.41, 5.74) is 3.07. The minimum Gasteiger partial charge on any atom is -0.322 e. The van der Waals surface area contributed by atoms with Gasteiger partial charge in [0.25, 0.3) is 5.56 Å². The number of aromatic amines is 1. The van der Waals surface area contributed by atoms with E-state index in [-0.39, 0.29) is 5.56 Å². The zero-order valence-electron chi connectivity index (χ0n) is 13.1. The van der Waals surface area contributed by atoms with Crippen molar-refractivity contribution in [2.75, 3.05) is 26.2 Å². The smallest absolute Gasteiger partial charge is 0.252 e. The van der Waals surface area contributed by atoms with Crippen molar-refractivity contribution in [1.82, 2.24) is 14.8 Å². The summed E-state index contributed by atoms with van der Waals surface area (Å²) in [7, 11) is 0. The first-order valence-corrected chi connectivity index (χ1v) is 8.28. The van der Waals surface area contributed by atoms with Crippen LogP contribution in [0.4, 0.5) is 0 Å². The molecule has 1 aromatic heterocycles. The van der Waals surface area contributed by atoms with Crippen LogP contribution in [0, 0.1) is 6.92 Å². The van der Waals surface area contributed by atoms with Crippen LogP contribution < -0.4 is 5.56 Å². The normalized spacial score (nSPS) is 23.0. The number of fused-ring (bicyclic) bond motifs is 2. The molecule has 116 valence electrons. The predicted octanol–water partition coefficient (Wildman–Crippen LogP) is 2.12. The highest BCUT2D eigenvalue weighted by atomic mass is 16.1. The van der Waals surface area contributed by atoms with Crippen molar-refractivity contribution in [3.63, 3.8) is 0 Å². The molecule has 0 radical (unpaired) electrons. The topological polar surface area (TPSA) is 39.3 Å². The van der Waals surface area contributed by atoms with Gasteiger partial charge >= 0.3 is 0 Å². The fraction of sp³-hybridized carbons (Fsp3) is 0.500. The second-order valence-electron chi connectivity index (χ2n) is 6.78. The molecule has 2 aromatic rings. The number of nitrogens with zero attached hydrogens (tertiary/aromatic N) is 2. The maximum Gasteiger partial charge on any atom is 0.252 e. The maximum atomic E-state index is 12.4. The molecule has 0 aliphatic carbocycles. The van der Waals surface area contributed by atoms with Crippen LogP contribution in [0.5, 0.6) is 0 Å². The standard InChI is InChI=1S/C18H23N3O/c1-13-4-5-14-10-15(18(22)19-17(14)9-13)11-20-7-8-21-6-2-3-16(21)12-20/h4-5,9-10,16H,2-3,6-8,11-12H2,1H3,(H,19,22). The highest BCUT2D eigenvalue weighted by Crippen LogP contribution is 2.22. The number of rotatable bonds is 2. The molecule has 2 fully saturated rings. The molecule has 4 rings (SSSR count). The van der Waals surface area contributed by atoms with Crippen molar-refractivity contribution in [3.05, 3.63) is 45.7 Å². The minimum atomic E-state index is 0.0620. The number of H-pyrrole nitrogens is 1. The molecule has 4 nitrogen and oxygen atoms in total.